The molecule has 0 saturated carbocycles. The minimum absolute atomic E-state index is 0. The molecule has 0 spiro atoms. The number of rotatable bonds is 5. The van der Waals surface area contributed by atoms with Gasteiger partial charge in [0.15, 0.2) is 0 Å². The van der Waals surface area contributed by atoms with E-state index >= 15 is 0 Å². The number of benzene rings is 3. The summed E-state index contributed by atoms with van der Waals surface area (Å²) >= 11 is 3.49. The molecule has 0 radical (unpaired) electrons. The van der Waals surface area contributed by atoms with Crippen LogP contribution in [0.25, 0.3) is 0 Å². The van der Waals surface area contributed by atoms with Crippen LogP contribution >= 0.6 is 15.9 Å². The van der Waals surface area contributed by atoms with Crippen LogP contribution in [0.3, 0.4) is 0 Å². The molecule has 3 rings (SSSR count). The summed E-state index contributed by atoms with van der Waals surface area (Å²) < 4.78 is 1.03. The summed E-state index contributed by atoms with van der Waals surface area (Å²) in [5.74, 6) is 0.249. The first-order valence-electron chi connectivity index (χ1n) is 8.40. The molecule has 0 heterocycles. The average Bonchev–Trinajstić information content (AvgIpc) is 2.66. The Morgan fingerprint density at radius 3 is 2.19 bits per heavy atom. The highest BCUT2D eigenvalue weighted by molar-refractivity contribution is 9.10. The highest BCUT2D eigenvalue weighted by Crippen LogP contribution is 2.32. The van der Waals surface area contributed by atoms with E-state index in [-0.39, 0.29) is 19.1 Å². The van der Waals surface area contributed by atoms with Crippen molar-refractivity contribution in [3.8, 4) is 5.75 Å². The molecule has 2 N–H and O–H groups in total. The van der Waals surface area contributed by atoms with Gasteiger partial charge in [-0.3, -0.25) is 0 Å². The molecule has 0 aliphatic carbocycles. The molecule has 1 atom stereocenters. The van der Waals surface area contributed by atoms with E-state index in [2.05, 4.69) is 52.3 Å². The van der Waals surface area contributed by atoms with E-state index in [1.165, 1.54) is 11.1 Å². The first-order chi connectivity index (χ1) is 12.6. The van der Waals surface area contributed by atoms with Crippen molar-refractivity contribution in [3.63, 3.8) is 0 Å². The molecule has 0 amide bonds. The lowest BCUT2D eigenvalue weighted by atomic mass is 9.83. The summed E-state index contributed by atoms with van der Waals surface area (Å²) in [7, 11) is 0. The molecule has 140 valence electrons. The largest absolute Gasteiger partial charge is 0.508 e. The molecule has 3 nitrogen and oxygen atoms in total. The number of phenols is 1. The van der Waals surface area contributed by atoms with Crippen LogP contribution in [0.4, 0.5) is 0 Å². The first kappa shape index (κ1) is 20.7. The van der Waals surface area contributed by atoms with Crippen LogP contribution in [0.1, 0.15) is 42.0 Å². The highest BCUT2D eigenvalue weighted by Gasteiger charge is 2.20. The number of aromatic hydroxyl groups is 1. The summed E-state index contributed by atoms with van der Waals surface area (Å²) in [6.07, 6.45) is 0.549. The lowest BCUT2D eigenvalue weighted by molar-refractivity contribution is 0.317. The molecule has 0 aliphatic rings. The van der Waals surface area contributed by atoms with Gasteiger partial charge in [-0.05, 0) is 65.6 Å². The number of hydrogen-bond acceptors (Lipinski definition) is 3. The van der Waals surface area contributed by atoms with Gasteiger partial charge in [-0.25, -0.2) is 0 Å². The lowest BCUT2D eigenvalue weighted by Gasteiger charge is -2.21. The van der Waals surface area contributed by atoms with E-state index in [0.29, 0.717) is 12.1 Å². The smallest absolute Gasteiger partial charge is 0.115 e. The standard InChI is InChI=1S/C22H20BrNO2.CH4/c1-15-4-2-3-5-20(15)21(16-6-10-18(23)11-7-16)14-22(24-26)17-8-12-19(25)13-9-17;/h2-13,21,25-26H,14H2,1H3;1H4/b24-22+;. The molecule has 3 aromatic carbocycles. The topological polar surface area (TPSA) is 52.8 Å². The van der Waals surface area contributed by atoms with Crippen LogP contribution < -0.4 is 0 Å². The van der Waals surface area contributed by atoms with Gasteiger partial charge in [-0.15, -0.1) is 0 Å². The van der Waals surface area contributed by atoms with E-state index in [0.717, 1.165) is 15.6 Å². The zero-order valence-corrected chi connectivity index (χ0v) is 16.0. The maximum atomic E-state index is 9.62. The molecule has 4 heteroatoms. The van der Waals surface area contributed by atoms with Crippen molar-refractivity contribution in [3.05, 3.63) is 99.5 Å². The van der Waals surface area contributed by atoms with Crippen molar-refractivity contribution < 1.29 is 10.3 Å². The Morgan fingerprint density at radius 1 is 0.963 bits per heavy atom. The Morgan fingerprint density at radius 2 is 1.59 bits per heavy atom. The molecule has 0 fully saturated rings. The Bertz CT molecular complexity index is 902. The zero-order chi connectivity index (χ0) is 18.5. The van der Waals surface area contributed by atoms with Crippen molar-refractivity contribution in [1.82, 2.24) is 0 Å². The summed E-state index contributed by atoms with van der Waals surface area (Å²) in [6, 6.07) is 23.2. The second kappa shape index (κ2) is 9.38. The fraction of sp³-hybridized carbons (Fsp3) is 0.174. The Balaban J connectivity index is 0.00000261. The molecule has 0 aliphatic heterocycles. The zero-order valence-electron chi connectivity index (χ0n) is 14.4. The van der Waals surface area contributed by atoms with Crippen LogP contribution in [0.2, 0.25) is 0 Å². The van der Waals surface area contributed by atoms with Gasteiger partial charge in [0.05, 0.1) is 5.71 Å². The van der Waals surface area contributed by atoms with Gasteiger partial charge in [-0.2, -0.15) is 0 Å². The number of hydrogen-bond donors (Lipinski definition) is 2. The van der Waals surface area contributed by atoms with Crippen molar-refractivity contribution in [2.75, 3.05) is 0 Å². The molecule has 0 saturated heterocycles. The number of nitrogens with zero attached hydrogens (tertiary/aromatic N) is 1. The average molecular weight is 426 g/mol. The highest BCUT2D eigenvalue weighted by atomic mass is 79.9. The van der Waals surface area contributed by atoms with Gasteiger partial charge >= 0.3 is 0 Å². The van der Waals surface area contributed by atoms with E-state index in [4.69, 9.17) is 0 Å². The normalized spacial score (nSPS) is 12.3. The number of oxime groups is 1. The third kappa shape index (κ3) is 4.98. The molecular weight excluding hydrogens is 402 g/mol. The Hall–Kier alpha value is -2.59. The van der Waals surface area contributed by atoms with Gasteiger partial charge in [0.2, 0.25) is 0 Å². The predicted molar refractivity (Wildman–Crippen MR) is 115 cm³/mol. The maximum absolute atomic E-state index is 9.62. The van der Waals surface area contributed by atoms with Crippen molar-refractivity contribution >= 4 is 21.6 Å². The summed E-state index contributed by atoms with van der Waals surface area (Å²) in [6.45, 7) is 2.09. The van der Waals surface area contributed by atoms with Crippen LogP contribution in [-0.2, 0) is 0 Å². The summed E-state index contributed by atoms with van der Waals surface area (Å²) in [4.78, 5) is 0. The quantitative estimate of drug-likeness (QED) is 0.278. The molecule has 1 unspecified atom stereocenters. The molecule has 0 aromatic heterocycles. The van der Waals surface area contributed by atoms with E-state index in [1.807, 2.05) is 24.3 Å². The van der Waals surface area contributed by atoms with Crippen LogP contribution in [-0.4, -0.2) is 16.0 Å². The second-order valence-electron chi connectivity index (χ2n) is 6.26. The third-order valence-corrected chi connectivity index (χ3v) is 5.08. The van der Waals surface area contributed by atoms with Crippen molar-refractivity contribution in [2.45, 2.75) is 26.7 Å². The van der Waals surface area contributed by atoms with Gasteiger partial charge < -0.3 is 10.3 Å². The van der Waals surface area contributed by atoms with Gasteiger partial charge in [0.25, 0.3) is 0 Å². The molecule has 0 bridgehead atoms. The SMILES string of the molecule is C.Cc1ccccc1C(C/C(=N\O)c1ccc(O)cc1)c1ccc(Br)cc1. The Kier molecular flexibility index (Phi) is 7.19. The monoisotopic (exact) mass is 425 g/mol. The molecule has 27 heavy (non-hydrogen) atoms. The van der Waals surface area contributed by atoms with Crippen LogP contribution in [0.15, 0.2) is 82.4 Å². The second-order valence-corrected chi connectivity index (χ2v) is 7.17. The lowest BCUT2D eigenvalue weighted by Crippen LogP contribution is -2.11. The predicted octanol–water partition coefficient (Wildman–Crippen LogP) is 6.50. The fourth-order valence-corrected chi connectivity index (χ4v) is 3.41. The van der Waals surface area contributed by atoms with Crippen LogP contribution in [0.5, 0.6) is 5.75 Å². The summed E-state index contributed by atoms with van der Waals surface area (Å²) in [5, 5.41) is 22.7. The maximum Gasteiger partial charge on any atom is 0.115 e. The van der Waals surface area contributed by atoms with Gasteiger partial charge in [0, 0.05) is 16.8 Å². The fourth-order valence-electron chi connectivity index (χ4n) is 3.14. The van der Waals surface area contributed by atoms with Crippen molar-refractivity contribution in [2.24, 2.45) is 5.16 Å². The van der Waals surface area contributed by atoms with E-state index in [9.17, 15) is 10.3 Å². The van der Waals surface area contributed by atoms with Crippen molar-refractivity contribution in [1.29, 1.82) is 0 Å². The Labute approximate surface area is 169 Å². The number of phenolic OH excluding ortho intramolecular Hbond substituents is 1. The molecule has 3 aromatic rings. The summed E-state index contributed by atoms with van der Waals surface area (Å²) in [5.41, 5.74) is 4.93. The first-order valence-corrected chi connectivity index (χ1v) is 9.19. The van der Waals surface area contributed by atoms with Gasteiger partial charge in [0.1, 0.15) is 5.75 Å². The van der Waals surface area contributed by atoms with Crippen LogP contribution in [0, 0.1) is 6.92 Å². The third-order valence-electron chi connectivity index (χ3n) is 4.55. The van der Waals surface area contributed by atoms with Gasteiger partial charge in [-0.1, -0.05) is 64.9 Å². The number of halogens is 1. The minimum Gasteiger partial charge on any atom is -0.508 e. The molecular formula is C23H24BrNO2. The van der Waals surface area contributed by atoms with E-state index in [1.54, 1.807) is 24.3 Å². The van der Waals surface area contributed by atoms with E-state index < -0.39 is 0 Å². The minimum atomic E-state index is 0. The number of aryl methyl sites for hydroxylation is 1.